The van der Waals surface area contributed by atoms with Crippen LogP contribution in [-0.2, 0) is 42.6 Å². The van der Waals surface area contributed by atoms with Gasteiger partial charge < -0.3 is 36.8 Å². The molecule has 0 aliphatic carbocycles. The van der Waals surface area contributed by atoms with E-state index in [4.69, 9.17) is 26.8 Å². The minimum Gasteiger partial charge on any atom is -0.489 e. The summed E-state index contributed by atoms with van der Waals surface area (Å²) in [5.74, 6) is -3.50. The Hall–Kier alpha value is -4.33. The van der Waals surface area contributed by atoms with Gasteiger partial charge >= 0.3 is 16.3 Å². The van der Waals surface area contributed by atoms with Crippen molar-refractivity contribution in [1.29, 1.82) is 0 Å². The van der Waals surface area contributed by atoms with E-state index in [0.29, 0.717) is 37.9 Å². The van der Waals surface area contributed by atoms with Gasteiger partial charge in [0.25, 0.3) is 6.10 Å². The standard InChI is InChI=1S/C25H32N8O9S2/c1-13-17(22(35)33(13)44(38,39)40)8-19(34)21(18-12-43-25(28)30-18)31-42-20(23(36)37)11-41-16-4-3-14-9-32(10-15(14)7-16)24(27)29-6-2-5-26/h3-4,7,12-13,17,20H,2,5-6,8-11,26H2,1H3,(H2,27,29)(H2,28,30)(H,36,37)(H,38,39,40)/b31-21-. The Bertz CT molecular complexity index is 1590. The van der Waals surface area contributed by atoms with E-state index in [2.05, 4.69) is 15.1 Å². The molecule has 1 aromatic carbocycles. The van der Waals surface area contributed by atoms with E-state index in [1.165, 1.54) is 12.3 Å². The number of Topliss-reactive ketones (excluding diaryl/α,β-unsaturated/α-hetero) is 1. The molecule has 2 aliphatic rings. The minimum atomic E-state index is -4.78. The van der Waals surface area contributed by atoms with Gasteiger partial charge in [-0.2, -0.15) is 8.42 Å². The maximum absolute atomic E-state index is 13.1. The van der Waals surface area contributed by atoms with Crippen LogP contribution in [0.5, 0.6) is 5.75 Å². The molecule has 238 valence electrons. The molecule has 2 aliphatic heterocycles. The lowest BCUT2D eigenvalue weighted by atomic mass is 9.86. The van der Waals surface area contributed by atoms with Crippen LogP contribution in [0.25, 0.3) is 0 Å². The maximum atomic E-state index is 13.1. The second kappa shape index (κ2) is 13.5. The number of anilines is 1. The fourth-order valence-electron chi connectivity index (χ4n) is 4.61. The number of hydrogen-bond acceptors (Lipinski definition) is 13. The number of aliphatic imine (C=N–C) groups is 1. The Morgan fingerprint density at radius 3 is 2.61 bits per heavy atom. The molecule has 1 fully saturated rings. The Balaban J connectivity index is 1.43. The molecule has 1 aromatic heterocycles. The molecule has 17 nitrogen and oxygen atoms in total. The van der Waals surface area contributed by atoms with Crippen LogP contribution < -0.4 is 21.9 Å². The number of carbonyl (C=O) groups excluding carboxylic acids is 2. The first-order valence-electron chi connectivity index (χ1n) is 13.3. The first-order chi connectivity index (χ1) is 20.8. The van der Waals surface area contributed by atoms with Crippen molar-refractivity contribution >= 4 is 56.1 Å². The summed E-state index contributed by atoms with van der Waals surface area (Å²) in [4.78, 5) is 52.8. The molecule has 4 rings (SSSR count). The molecule has 44 heavy (non-hydrogen) atoms. The largest absolute Gasteiger partial charge is 0.489 e. The van der Waals surface area contributed by atoms with Gasteiger partial charge in [0, 0.05) is 31.4 Å². The smallest absolute Gasteiger partial charge is 0.362 e. The molecule has 1 saturated heterocycles. The van der Waals surface area contributed by atoms with E-state index in [9.17, 15) is 32.5 Å². The maximum Gasteiger partial charge on any atom is 0.362 e. The molecular formula is C25H32N8O9S2. The van der Waals surface area contributed by atoms with Gasteiger partial charge in [-0.05, 0) is 43.1 Å². The summed E-state index contributed by atoms with van der Waals surface area (Å²) < 4.78 is 37.9. The molecule has 3 unspecified atom stereocenters. The van der Waals surface area contributed by atoms with E-state index in [1.54, 1.807) is 12.1 Å². The molecule has 2 aromatic rings. The quantitative estimate of drug-likeness (QED) is 0.0433. The fraction of sp³-hybridized carbons (Fsp3) is 0.440. The van der Waals surface area contributed by atoms with Crippen LogP contribution >= 0.6 is 11.3 Å². The number of aliphatic carboxylic acids is 1. The van der Waals surface area contributed by atoms with Gasteiger partial charge in [-0.1, -0.05) is 11.2 Å². The van der Waals surface area contributed by atoms with Crippen molar-refractivity contribution in [3.8, 4) is 5.75 Å². The van der Waals surface area contributed by atoms with Crippen LogP contribution in [0.3, 0.4) is 0 Å². The average Bonchev–Trinajstić information content (AvgIpc) is 3.58. The van der Waals surface area contributed by atoms with E-state index < -0.39 is 64.8 Å². The average molecular weight is 653 g/mol. The highest BCUT2D eigenvalue weighted by Crippen LogP contribution is 2.32. The molecule has 0 saturated carbocycles. The molecule has 1 amide bonds. The predicted molar refractivity (Wildman–Crippen MR) is 158 cm³/mol. The third-order valence-electron chi connectivity index (χ3n) is 6.98. The number of nitrogens with zero attached hydrogens (tertiary/aromatic N) is 5. The summed E-state index contributed by atoms with van der Waals surface area (Å²) in [6.07, 6.45) is -1.43. The molecule has 0 radical (unpaired) electrons. The van der Waals surface area contributed by atoms with Crippen LogP contribution in [-0.4, -0.2) is 93.4 Å². The first kappa shape index (κ1) is 32.6. The zero-order valence-electron chi connectivity index (χ0n) is 23.5. The van der Waals surface area contributed by atoms with Gasteiger partial charge in [-0.25, -0.2) is 14.1 Å². The van der Waals surface area contributed by atoms with Crippen LogP contribution in [0, 0.1) is 5.92 Å². The fourth-order valence-corrected chi connectivity index (χ4v) is 6.09. The molecule has 8 N–H and O–H groups in total. The summed E-state index contributed by atoms with van der Waals surface area (Å²) in [6.45, 7) is 2.95. The van der Waals surface area contributed by atoms with E-state index >= 15 is 0 Å². The van der Waals surface area contributed by atoms with Crippen LogP contribution in [0.2, 0.25) is 0 Å². The zero-order valence-corrected chi connectivity index (χ0v) is 25.2. The van der Waals surface area contributed by atoms with Crippen LogP contribution in [0.4, 0.5) is 5.13 Å². The molecule has 3 atom stereocenters. The number of nitrogens with two attached hydrogens (primary N) is 3. The first-order valence-corrected chi connectivity index (χ1v) is 15.6. The molecule has 3 heterocycles. The molecule has 19 heteroatoms. The Morgan fingerprint density at radius 1 is 1.27 bits per heavy atom. The Morgan fingerprint density at radius 2 is 2.00 bits per heavy atom. The van der Waals surface area contributed by atoms with Crippen molar-refractivity contribution < 1.29 is 42.0 Å². The third kappa shape index (κ3) is 7.41. The predicted octanol–water partition coefficient (Wildman–Crippen LogP) is -0.434. The number of rotatable bonds is 14. The molecular weight excluding hydrogens is 620 g/mol. The molecule has 0 spiro atoms. The van der Waals surface area contributed by atoms with Crippen molar-refractivity contribution in [2.45, 2.75) is 45.0 Å². The summed E-state index contributed by atoms with van der Waals surface area (Å²) >= 11 is 0.984. The lowest BCUT2D eigenvalue weighted by molar-refractivity contribution is -0.152. The summed E-state index contributed by atoms with van der Waals surface area (Å²) in [6, 6.07) is 4.27. The number of fused-ring (bicyclic) bond motifs is 1. The van der Waals surface area contributed by atoms with Crippen molar-refractivity contribution in [3.05, 3.63) is 40.4 Å². The van der Waals surface area contributed by atoms with Crippen molar-refractivity contribution in [2.75, 3.05) is 25.4 Å². The lowest BCUT2D eigenvalue weighted by Crippen LogP contribution is -2.62. The summed E-state index contributed by atoms with van der Waals surface area (Å²) in [7, 11) is -4.78. The number of carboxylic acids is 1. The third-order valence-corrected chi connectivity index (χ3v) is 8.66. The second-order valence-electron chi connectivity index (χ2n) is 10.0. The number of ether oxygens (including phenoxy) is 1. The van der Waals surface area contributed by atoms with E-state index in [-0.39, 0.29) is 15.1 Å². The van der Waals surface area contributed by atoms with E-state index in [1.807, 2.05) is 11.0 Å². The number of carboxylic acid groups (broad SMARTS) is 1. The number of aromatic nitrogens is 1. The van der Waals surface area contributed by atoms with Gasteiger partial charge in [0.15, 0.2) is 22.6 Å². The van der Waals surface area contributed by atoms with Gasteiger partial charge in [0.05, 0.1) is 12.0 Å². The van der Waals surface area contributed by atoms with Crippen LogP contribution in [0.15, 0.2) is 33.7 Å². The SMILES string of the molecule is CC1C(CC(=O)/C(=N\OC(COc2ccc3c(c2)CN(C(N)=NCCCN)C3)C(=O)O)c2csc(N)n2)C(=O)N1S(=O)(=O)O. The number of oxime groups is 1. The monoisotopic (exact) mass is 652 g/mol. The van der Waals surface area contributed by atoms with Crippen molar-refractivity contribution in [1.82, 2.24) is 14.2 Å². The number of nitrogen functional groups attached to an aromatic ring is 1. The summed E-state index contributed by atoms with van der Waals surface area (Å²) in [5.41, 5.74) is 18.8. The van der Waals surface area contributed by atoms with Crippen molar-refractivity contribution in [3.63, 3.8) is 0 Å². The highest BCUT2D eigenvalue weighted by molar-refractivity contribution is 7.84. The Kier molecular flexibility index (Phi) is 10.0. The number of thiazole rings is 1. The number of guanidine groups is 1. The van der Waals surface area contributed by atoms with Crippen LogP contribution in [0.1, 0.15) is 36.6 Å². The van der Waals surface area contributed by atoms with Crippen molar-refractivity contribution in [2.24, 2.45) is 27.5 Å². The van der Waals surface area contributed by atoms with Gasteiger partial charge in [-0.3, -0.25) is 19.1 Å². The normalized spacial score (nSPS) is 19.4. The number of amides is 1. The van der Waals surface area contributed by atoms with Gasteiger partial charge in [0.1, 0.15) is 18.1 Å². The van der Waals surface area contributed by atoms with Gasteiger partial charge in [0.2, 0.25) is 5.91 Å². The topological polar surface area (TPSA) is 266 Å². The lowest BCUT2D eigenvalue weighted by Gasteiger charge is -2.41. The highest BCUT2D eigenvalue weighted by atomic mass is 32.2. The number of β-lactam (4-membered cyclic amide) rings is 1. The van der Waals surface area contributed by atoms with Gasteiger partial charge in [-0.15, -0.1) is 11.3 Å². The van der Waals surface area contributed by atoms with E-state index in [0.717, 1.165) is 28.9 Å². The summed E-state index contributed by atoms with van der Waals surface area (Å²) in [5, 5.41) is 14.9. The Labute approximate surface area is 256 Å². The number of ketones is 1. The number of hydrogen-bond donors (Lipinski definition) is 5. The highest BCUT2D eigenvalue weighted by Gasteiger charge is 2.51. The number of benzene rings is 1. The minimum absolute atomic E-state index is 0.0253. The second-order valence-corrected chi connectivity index (χ2v) is 12.2. The molecule has 0 bridgehead atoms. The number of carbonyl (C=O) groups is 3. The zero-order chi connectivity index (χ0) is 32.2.